The molecular weight excluding hydrogens is 504 g/mol. The van der Waals surface area contributed by atoms with Gasteiger partial charge in [0.25, 0.3) is 5.91 Å². The number of hydrogen-bond donors (Lipinski definition) is 1. The van der Waals surface area contributed by atoms with Crippen LogP contribution in [0.25, 0.3) is 0 Å². The van der Waals surface area contributed by atoms with E-state index in [9.17, 15) is 14.4 Å². The number of halogens is 1. The van der Waals surface area contributed by atoms with Crippen LogP contribution in [-0.4, -0.2) is 58.8 Å². The minimum absolute atomic E-state index is 0.0579. The highest BCUT2D eigenvalue weighted by atomic mass is 35.5. The lowest BCUT2D eigenvalue weighted by molar-refractivity contribution is -0.136. The third-order valence-corrected chi connectivity index (χ3v) is 8.73. The number of piperidine rings is 1. The summed E-state index contributed by atoms with van der Waals surface area (Å²) >= 11 is 6.46. The van der Waals surface area contributed by atoms with Crippen molar-refractivity contribution in [3.8, 4) is 11.8 Å². The first kappa shape index (κ1) is 24.9. The summed E-state index contributed by atoms with van der Waals surface area (Å²) in [5.74, 6) is 0.221. The minimum atomic E-state index is -0.622. The fourth-order valence-corrected chi connectivity index (χ4v) is 6.67. The SMILES string of the molecule is N#Cc1ccc(C2CN(C3CCCC[C@@H]3Oc3ccc4c(c3)CN(C3CCC(=O)NC3=O)C4=O)C2)c(Cl)c1. The van der Waals surface area contributed by atoms with Crippen molar-refractivity contribution < 1.29 is 19.1 Å². The number of ether oxygens (including phenoxy) is 1. The van der Waals surface area contributed by atoms with Crippen LogP contribution >= 0.6 is 11.6 Å². The van der Waals surface area contributed by atoms with E-state index in [1.54, 1.807) is 17.0 Å². The predicted molar refractivity (Wildman–Crippen MR) is 140 cm³/mol. The van der Waals surface area contributed by atoms with Crippen LogP contribution in [-0.2, 0) is 16.1 Å². The molecule has 1 N–H and O–H groups in total. The molecule has 4 aliphatic rings. The Labute approximate surface area is 226 Å². The van der Waals surface area contributed by atoms with Gasteiger partial charge >= 0.3 is 0 Å². The van der Waals surface area contributed by atoms with E-state index in [1.807, 2.05) is 24.3 Å². The quantitative estimate of drug-likeness (QED) is 0.588. The van der Waals surface area contributed by atoms with Gasteiger partial charge in [-0.2, -0.15) is 5.26 Å². The number of likely N-dealkylation sites (tertiary alicyclic amines) is 1. The lowest BCUT2D eigenvalue weighted by Crippen LogP contribution is -2.57. The first-order valence-corrected chi connectivity index (χ1v) is 13.7. The number of carbonyl (C=O) groups is 3. The number of hydrogen-bond acceptors (Lipinski definition) is 6. The van der Waals surface area contributed by atoms with Gasteiger partial charge in [-0.1, -0.05) is 24.1 Å². The van der Waals surface area contributed by atoms with Crippen molar-refractivity contribution >= 4 is 29.3 Å². The number of amides is 3. The van der Waals surface area contributed by atoms with Crippen LogP contribution in [0.1, 0.15) is 71.5 Å². The smallest absolute Gasteiger partial charge is 0.255 e. The maximum Gasteiger partial charge on any atom is 0.255 e. The zero-order chi connectivity index (χ0) is 26.4. The van der Waals surface area contributed by atoms with Crippen molar-refractivity contribution in [1.82, 2.24) is 15.1 Å². The average Bonchev–Trinajstić information content (AvgIpc) is 3.20. The van der Waals surface area contributed by atoms with E-state index in [2.05, 4.69) is 16.3 Å². The van der Waals surface area contributed by atoms with Gasteiger partial charge in [0.2, 0.25) is 11.8 Å². The van der Waals surface area contributed by atoms with Crippen molar-refractivity contribution in [1.29, 1.82) is 5.26 Å². The summed E-state index contributed by atoms with van der Waals surface area (Å²) in [6.45, 7) is 2.16. The predicted octanol–water partition coefficient (Wildman–Crippen LogP) is 3.76. The summed E-state index contributed by atoms with van der Waals surface area (Å²) in [5, 5.41) is 12.1. The number of nitriles is 1. The van der Waals surface area contributed by atoms with Crippen molar-refractivity contribution in [2.75, 3.05) is 13.1 Å². The molecule has 0 bridgehead atoms. The molecule has 38 heavy (non-hydrogen) atoms. The maximum absolute atomic E-state index is 13.0. The summed E-state index contributed by atoms with van der Waals surface area (Å²) in [5.41, 5.74) is 3.11. The summed E-state index contributed by atoms with van der Waals surface area (Å²) in [6, 6.07) is 13.0. The molecular formula is C29H29ClN4O4. The molecule has 2 aromatic carbocycles. The van der Waals surface area contributed by atoms with Crippen LogP contribution in [0.3, 0.4) is 0 Å². The van der Waals surface area contributed by atoms with Crippen molar-refractivity contribution in [3.05, 3.63) is 63.7 Å². The number of fused-ring (bicyclic) bond motifs is 1. The van der Waals surface area contributed by atoms with Crippen molar-refractivity contribution in [2.24, 2.45) is 0 Å². The Morgan fingerprint density at radius 3 is 2.61 bits per heavy atom. The standard InChI is InChI=1S/C29H29ClN4O4/c30-23-11-17(13-31)5-7-21(23)19-14-33(15-19)24-3-1-2-4-26(24)38-20-6-8-22-18(12-20)16-34(29(22)37)25-9-10-27(35)32-28(25)36/h5-8,11-12,19,24-26H,1-4,9-10,14-16H2,(H,32,35,36)/t24?,25?,26-/m0/s1. The first-order chi connectivity index (χ1) is 18.4. The van der Waals surface area contributed by atoms with E-state index in [-0.39, 0.29) is 24.3 Å². The monoisotopic (exact) mass is 532 g/mol. The summed E-state index contributed by atoms with van der Waals surface area (Å²) in [7, 11) is 0. The number of imide groups is 1. The van der Waals surface area contributed by atoms with Gasteiger partial charge in [0, 0.05) is 48.6 Å². The Bertz CT molecular complexity index is 1350. The molecule has 3 aliphatic heterocycles. The normalized spacial score (nSPS) is 25.9. The van der Waals surface area contributed by atoms with Gasteiger partial charge in [-0.15, -0.1) is 0 Å². The molecule has 3 fully saturated rings. The van der Waals surface area contributed by atoms with E-state index in [0.29, 0.717) is 41.1 Å². The largest absolute Gasteiger partial charge is 0.489 e. The molecule has 2 aromatic rings. The number of benzene rings is 2. The van der Waals surface area contributed by atoms with Gasteiger partial charge in [-0.3, -0.25) is 24.6 Å². The van der Waals surface area contributed by atoms with Gasteiger partial charge in [-0.25, -0.2) is 0 Å². The van der Waals surface area contributed by atoms with Gasteiger partial charge < -0.3 is 9.64 Å². The van der Waals surface area contributed by atoms with Crippen LogP contribution < -0.4 is 10.1 Å². The molecule has 8 nitrogen and oxygen atoms in total. The Morgan fingerprint density at radius 1 is 1.03 bits per heavy atom. The molecule has 3 atom stereocenters. The number of nitrogens with one attached hydrogen (secondary N) is 1. The van der Waals surface area contributed by atoms with Crippen LogP contribution in [0.4, 0.5) is 0 Å². The highest BCUT2D eigenvalue weighted by Gasteiger charge is 2.41. The van der Waals surface area contributed by atoms with E-state index in [1.165, 1.54) is 6.42 Å². The topological polar surface area (TPSA) is 103 Å². The van der Waals surface area contributed by atoms with E-state index in [4.69, 9.17) is 21.6 Å². The van der Waals surface area contributed by atoms with Crippen LogP contribution in [0, 0.1) is 11.3 Å². The molecule has 0 aromatic heterocycles. The van der Waals surface area contributed by atoms with Crippen LogP contribution in [0.5, 0.6) is 5.75 Å². The van der Waals surface area contributed by atoms with Crippen LogP contribution in [0.15, 0.2) is 36.4 Å². The lowest BCUT2D eigenvalue weighted by atomic mass is 9.84. The van der Waals surface area contributed by atoms with Gasteiger partial charge in [0.1, 0.15) is 17.9 Å². The molecule has 2 saturated heterocycles. The fraction of sp³-hybridized carbons (Fsp3) is 0.448. The molecule has 9 heteroatoms. The highest BCUT2D eigenvalue weighted by Crippen LogP contribution is 2.38. The van der Waals surface area contributed by atoms with E-state index in [0.717, 1.165) is 49.2 Å². The Balaban J connectivity index is 1.11. The van der Waals surface area contributed by atoms with Gasteiger partial charge in [0.15, 0.2) is 0 Å². The highest BCUT2D eigenvalue weighted by molar-refractivity contribution is 6.31. The second-order valence-corrected chi connectivity index (χ2v) is 11.1. The Morgan fingerprint density at radius 2 is 1.84 bits per heavy atom. The molecule has 3 amide bonds. The Kier molecular flexibility index (Phi) is 6.58. The summed E-state index contributed by atoms with van der Waals surface area (Å²) in [4.78, 5) is 40.9. The molecule has 6 rings (SSSR count). The Hall–Kier alpha value is -3.41. The minimum Gasteiger partial charge on any atom is -0.489 e. The lowest BCUT2D eigenvalue weighted by Gasteiger charge is -2.48. The number of nitrogens with zero attached hydrogens (tertiary/aromatic N) is 3. The fourth-order valence-electron chi connectivity index (χ4n) is 6.34. The second kappa shape index (κ2) is 10.0. The number of rotatable bonds is 5. The third-order valence-electron chi connectivity index (χ3n) is 8.40. The summed E-state index contributed by atoms with van der Waals surface area (Å²) in [6.07, 6.45) is 4.98. The zero-order valence-electron chi connectivity index (χ0n) is 21.0. The third kappa shape index (κ3) is 4.55. The summed E-state index contributed by atoms with van der Waals surface area (Å²) < 4.78 is 6.54. The molecule has 0 spiro atoms. The zero-order valence-corrected chi connectivity index (χ0v) is 21.7. The second-order valence-electron chi connectivity index (χ2n) is 10.7. The van der Waals surface area contributed by atoms with E-state index >= 15 is 0 Å². The van der Waals surface area contributed by atoms with Crippen LogP contribution in [0.2, 0.25) is 5.02 Å². The molecule has 3 heterocycles. The first-order valence-electron chi connectivity index (χ1n) is 13.3. The average molecular weight is 533 g/mol. The molecule has 1 saturated carbocycles. The molecule has 0 radical (unpaired) electrons. The maximum atomic E-state index is 13.0. The number of carbonyl (C=O) groups excluding carboxylic acids is 3. The van der Waals surface area contributed by atoms with Crippen molar-refractivity contribution in [2.45, 2.75) is 69.2 Å². The molecule has 1 aliphatic carbocycles. The molecule has 196 valence electrons. The van der Waals surface area contributed by atoms with Gasteiger partial charge in [-0.05, 0) is 67.1 Å². The van der Waals surface area contributed by atoms with Crippen molar-refractivity contribution in [3.63, 3.8) is 0 Å². The van der Waals surface area contributed by atoms with E-state index < -0.39 is 11.9 Å². The molecule has 2 unspecified atom stereocenters. The van der Waals surface area contributed by atoms with Gasteiger partial charge in [0.05, 0.1) is 11.6 Å².